The summed E-state index contributed by atoms with van der Waals surface area (Å²) in [5.74, 6) is 0.454. The van der Waals surface area contributed by atoms with Crippen molar-refractivity contribution in [3.05, 3.63) is 22.9 Å². The molecule has 2 amide bonds. The fraction of sp³-hybridized carbons (Fsp3) is 0.632. The van der Waals surface area contributed by atoms with Crippen molar-refractivity contribution >= 4 is 11.8 Å². The van der Waals surface area contributed by atoms with Gasteiger partial charge in [0.25, 0.3) is 5.91 Å². The van der Waals surface area contributed by atoms with Crippen LogP contribution in [0.2, 0.25) is 0 Å². The summed E-state index contributed by atoms with van der Waals surface area (Å²) in [5.41, 5.74) is 2.14. The Labute approximate surface area is 154 Å². The van der Waals surface area contributed by atoms with Gasteiger partial charge >= 0.3 is 0 Å². The highest BCUT2D eigenvalue weighted by Crippen LogP contribution is 2.33. The summed E-state index contributed by atoms with van der Waals surface area (Å²) in [6.07, 6.45) is 4.51. The molecule has 7 nitrogen and oxygen atoms in total. The largest absolute Gasteiger partial charge is 0.481 e. The van der Waals surface area contributed by atoms with Gasteiger partial charge in [-0.05, 0) is 39.9 Å². The average molecular weight is 360 g/mol. The molecule has 142 valence electrons. The maximum absolute atomic E-state index is 12.8. The van der Waals surface area contributed by atoms with E-state index in [4.69, 9.17) is 4.74 Å². The second kappa shape index (κ2) is 7.61. The number of hydrogen-bond donors (Lipinski definition) is 1. The normalized spacial score (nSPS) is 18.3. The van der Waals surface area contributed by atoms with Crippen LogP contribution in [0.1, 0.15) is 54.2 Å². The van der Waals surface area contributed by atoms with E-state index in [1.165, 1.54) is 12.8 Å². The Balaban J connectivity index is 1.77. The maximum Gasteiger partial charge on any atom is 0.256 e. The van der Waals surface area contributed by atoms with Crippen molar-refractivity contribution in [2.75, 3.05) is 21.2 Å². The second-order valence-corrected chi connectivity index (χ2v) is 7.38. The Bertz CT molecular complexity index is 698. The molecule has 1 N–H and O–H groups in total. The molecule has 7 heteroatoms. The van der Waals surface area contributed by atoms with Crippen LogP contribution < -0.4 is 10.1 Å². The van der Waals surface area contributed by atoms with Crippen molar-refractivity contribution in [2.45, 2.75) is 57.8 Å². The number of rotatable bonds is 6. The molecule has 0 spiro atoms. The van der Waals surface area contributed by atoms with E-state index in [0.717, 1.165) is 24.1 Å². The van der Waals surface area contributed by atoms with E-state index in [9.17, 15) is 9.59 Å². The fourth-order valence-electron chi connectivity index (χ4n) is 3.65. The highest BCUT2D eigenvalue weighted by molar-refractivity contribution is 5.98. The molecule has 1 fully saturated rings. The van der Waals surface area contributed by atoms with Gasteiger partial charge in [0.2, 0.25) is 11.8 Å². The van der Waals surface area contributed by atoms with Crippen LogP contribution in [0.4, 0.5) is 0 Å². The van der Waals surface area contributed by atoms with Crippen LogP contribution in [0, 0.1) is 0 Å². The number of amides is 2. The molecule has 0 bridgehead atoms. The summed E-state index contributed by atoms with van der Waals surface area (Å²) < 4.78 is 5.40. The van der Waals surface area contributed by atoms with Crippen LogP contribution in [0.15, 0.2) is 6.07 Å². The second-order valence-electron chi connectivity index (χ2n) is 7.38. The predicted octanol–water partition coefficient (Wildman–Crippen LogP) is 1.55. The first-order chi connectivity index (χ1) is 12.4. The molecule has 1 atom stereocenters. The first kappa shape index (κ1) is 18.6. The Morgan fingerprint density at radius 2 is 2.12 bits per heavy atom. The van der Waals surface area contributed by atoms with Crippen molar-refractivity contribution in [3.63, 3.8) is 0 Å². The average Bonchev–Trinajstić information content (AvgIpc) is 3.26. The van der Waals surface area contributed by atoms with Crippen molar-refractivity contribution in [1.29, 1.82) is 0 Å². The number of hydrogen-bond acceptors (Lipinski definition) is 5. The summed E-state index contributed by atoms with van der Waals surface area (Å²) in [4.78, 5) is 33.4. The third-order valence-corrected chi connectivity index (χ3v) is 5.52. The maximum atomic E-state index is 12.8. The highest BCUT2D eigenvalue weighted by atomic mass is 16.5. The lowest BCUT2D eigenvalue weighted by atomic mass is 10.1. The van der Waals surface area contributed by atoms with E-state index in [0.29, 0.717) is 24.0 Å². The van der Waals surface area contributed by atoms with E-state index >= 15 is 0 Å². The monoisotopic (exact) mass is 360 g/mol. The van der Waals surface area contributed by atoms with Crippen LogP contribution in [0.25, 0.3) is 0 Å². The number of carbonyl (C=O) groups excluding carboxylic acids is 2. The lowest BCUT2D eigenvalue weighted by Crippen LogP contribution is -2.41. The van der Waals surface area contributed by atoms with Crippen LogP contribution in [-0.2, 0) is 17.9 Å². The zero-order valence-electron chi connectivity index (χ0n) is 16.0. The van der Waals surface area contributed by atoms with Crippen molar-refractivity contribution in [2.24, 2.45) is 0 Å². The van der Waals surface area contributed by atoms with E-state index in [2.05, 4.69) is 10.3 Å². The fourth-order valence-corrected chi connectivity index (χ4v) is 3.65. The molecule has 26 heavy (non-hydrogen) atoms. The van der Waals surface area contributed by atoms with E-state index in [-0.39, 0.29) is 24.4 Å². The summed E-state index contributed by atoms with van der Waals surface area (Å²) in [7, 11) is 5.28. The minimum absolute atomic E-state index is 0.0521. The standard InChI is InChI=1S/C19H28N4O3/c1-12(22(2)3)17(24)20-10-13-9-15-16(21-18(13)26-4)11-23(19(15)25)14-7-5-6-8-14/h9,12,14H,5-8,10-11H2,1-4H3,(H,20,24)/t12-/m0/s1. The molecular weight excluding hydrogens is 332 g/mol. The first-order valence-corrected chi connectivity index (χ1v) is 9.24. The number of pyridine rings is 1. The van der Waals surface area contributed by atoms with Crippen LogP contribution in [0.5, 0.6) is 5.88 Å². The molecular formula is C19H28N4O3. The minimum Gasteiger partial charge on any atom is -0.481 e. The molecule has 2 aliphatic rings. The SMILES string of the molecule is COc1nc2c(cc1CNC(=O)[C@H](C)N(C)C)C(=O)N(C1CCCC1)C2. The first-order valence-electron chi connectivity index (χ1n) is 9.24. The number of likely N-dealkylation sites (N-methyl/N-ethyl adjacent to an activating group) is 1. The lowest BCUT2D eigenvalue weighted by Gasteiger charge is -2.22. The molecule has 0 saturated heterocycles. The molecule has 3 rings (SSSR count). The number of aromatic nitrogens is 1. The van der Waals surface area contributed by atoms with Gasteiger partial charge in [-0.1, -0.05) is 12.8 Å². The van der Waals surface area contributed by atoms with Gasteiger partial charge in [0.15, 0.2) is 0 Å². The van der Waals surface area contributed by atoms with Gasteiger partial charge < -0.3 is 15.0 Å². The summed E-state index contributed by atoms with van der Waals surface area (Å²) in [6.45, 7) is 2.69. The van der Waals surface area contributed by atoms with Crippen molar-refractivity contribution in [3.8, 4) is 5.88 Å². The van der Waals surface area contributed by atoms with Gasteiger partial charge in [-0.25, -0.2) is 4.98 Å². The van der Waals surface area contributed by atoms with Crippen LogP contribution in [0.3, 0.4) is 0 Å². The van der Waals surface area contributed by atoms with Gasteiger partial charge in [0, 0.05) is 18.2 Å². The van der Waals surface area contributed by atoms with E-state index in [1.54, 1.807) is 7.11 Å². The topological polar surface area (TPSA) is 74.8 Å². The Morgan fingerprint density at radius 1 is 1.42 bits per heavy atom. The Kier molecular flexibility index (Phi) is 5.46. The number of ether oxygens (including phenoxy) is 1. The van der Waals surface area contributed by atoms with Crippen LogP contribution >= 0.6 is 0 Å². The smallest absolute Gasteiger partial charge is 0.256 e. The van der Waals surface area contributed by atoms with E-state index in [1.807, 2.05) is 36.9 Å². The summed E-state index contributed by atoms with van der Waals surface area (Å²) in [6, 6.07) is 1.92. The minimum atomic E-state index is -0.233. The van der Waals surface area contributed by atoms with Gasteiger partial charge in [-0.15, -0.1) is 0 Å². The number of methoxy groups -OCH3 is 1. The summed E-state index contributed by atoms with van der Waals surface area (Å²) >= 11 is 0. The van der Waals surface area contributed by atoms with E-state index < -0.39 is 0 Å². The quantitative estimate of drug-likeness (QED) is 0.833. The van der Waals surface area contributed by atoms with Gasteiger partial charge in [-0.2, -0.15) is 0 Å². The Morgan fingerprint density at radius 3 is 2.73 bits per heavy atom. The van der Waals surface area contributed by atoms with Crippen molar-refractivity contribution < 1.29 is 14.3 Å². The molecule has 1 aliphatic carbocycles. The van der Waals surface area contributed by atoms with Crippen LogP contribution in [-0.4, -0.2) is 59.9 Å². The number of nitrogens with one attached hydrogen (secondary N) is 1. The zero-order valence-corrected chi connectivity index (χ0v) is 16.0. The molecule has 1 aliphatic heterocycles. The Hall–Kier alpha value is -2.15. The van der Waals surface area contributed by atoms with Crippen molar-refractivity contribution in [1.82, 2.24) is 20.1 Å². The molecule has 0 radical (unpaired) electrons. The molecule has 1 aromatic heterocycles. The molecule has 0 unspecified atom stereocenters. The number of fused-ring (bicyclic) bond motifs is 1. The predicted molar refractivity (Wildman–Crippen MR) is 97.9 cm³/mol. The van der Waals surface area contributed by atoms with Gasteiger partial charge in [0.05, 0.1) is 31.0 Å². The number of carbonyl (C=O) groups is 2. The van der Waals surface area contributed by atoms with Gasteiger partial charge in [-0.3, -0.25) is 14.5 Å². The third-order valence-electron chi connectivity index (χ3n) is 5.52. The third kappa shape index (κ3) is 3.53. The molecule has 0 aromatic carbocycles. The molecule has 1 aromatic rings. The van der Waals surface area contributed by atoms with Gasteiger partial charge in [0.1, 0.15) is 0 Å². The molecule has 2 heterocycles. The highest BCUT2D eigenvalue weighted by Gasteiger charge is 2.36. The molecule has 1 saturated carbocycles. The summed E-state index contributed by atoms with van der Waals surface area (Å²) in [5, 5.41) is 2.90. The zero-order chi connectivity index (χ0) is 18.8. The lowest BCUT2D eigenvalue weighted by molar-refractivity contribution is -0.125. The number of nitrogens with zero attached hydrogens (tertiary/aromatic N) is 3.